The molecule has 0 aliphatic rings. The molecular formula is C14H15BrFNO. The quantitative estimate of drug-likeness (QED) is 0.893. The molecule has 1 aromatic carbocycles. The van der Waals surface area contributed by atoms with Gasteiger partial charge in [-0.3, -0.25) is 0 Å². The molecule has 2 atom stereocenters. The van der Waals surface area contributed by atoms with Crippen LogP contribution in [-0.4, -0.2) is 0 Å². The molecule has 1 heterocycles. The molecule has 0 saturated heterocycles. The molecular weight excluding hydrogens is 297 g/mol. The van der Waals surface area contributed by atoms with Crippen molar-refractivity contribution in [2.75, 3.05) is 0 Å². The van der Waals surface area contributed by atoms with Crippen LogP contribution >= 0.6 is 15.9 Å². The molecule has 0 aliphatic heterocycles. The van der Waals surface area contributed by atoms with E-state index < -0.39 is 0 Å². The van der Waals surface area contributed by atoms with Crippen molar-refractivity contribution < 1.29 is 8.81 Å². The van der Waals surface area contributed by atoms with Crippen LogP contribution in [0.25, 0.3) is 0 Å². The predicted molar refractivity (Wildman–Crippen MR) is 72.8 cm³/mol. The van der Waals surface area contributed by atoms with E-state index in [0.29, 0.717) is 0 Å². The van der Waals surface area contributed by atoms with Crippen LogP contribution in [0.5, 0.6) is 0 Å². The van der Waals surface area contributed by atoms with Gasteiger partial charge in [0.25, 0.3) is 0 Å². The lowest BCUT2D eigenvalue weighted by molar-refractivity contribution is 0.393. The molecule has 0 aliphatic carbocycles. The zero-order valence-corrected chi connectivity index (χ0v) is 11.9. The third-order valence-electron chi connectivity index (χ3n) is 2.89. The minimum Gasteiger partial charge on any atom is -0.453 e. The SMILES string of the molecule is CC(N[C@H](C)c1ccc(F)cc1)c1ccc(Br)o1. The molecule has 96 valence electrons. The van der Waals surface area contributed by atoms with Gasteiger partial charge in [0.1, 0.15) is 11.6 Å². The second kappa shape index (κ2) is 5.67. The zero-order chi connectivity index (χ0) is 13.1. The normalized spacial score (nSPS) is 14.4. The Morgan fingerprint density at radius 1 is 1.06 bits per heavy atom. The first-order valence-corrected chi connectivity index (χ1v) is 6.62. The third-order valence-corrected chi connectivity index (χ3v) is 3.32. The third kappa shape index (κ3) is 3.21. The number of halogens is 2. The van der Waals surface area contributed by atoms with Gasteiger partial charge in [-0.05, 0) is 59.6 Å². The van der Waals surface area contributed by atoms with Gasteiger partial charge < -0.3 is 9.73 Å². The number of benzene rings is 1. The number of nitrogens with one attached hydrogen (secondary N) is 1. The summed E-state index contributed by atoms with van der Waals surface area (Å²) in [7, 11) is 0. The van der Waals surface area contributed by atoms with E-state index >= 15 is 0 Å². The van der Waals surface area contributed by atoms with E-state index in [9.17, 15) is 4.39 Å². The van der Waals surface area contributed by atoms with Crippen LogP contribution in [-0.2, 0) is 0 Å². The van der Waals surface area contributed by atoms with E-state index in [2.05, 4.69) is 21.2 Å². The maximum Gasteiger partial charge on any atom is 0.169 e. The van der Waals surface area contributed by atoms with E-state index in [1.165, 1.54) is 12.1 Å². The minimum absolute atomic E-state index is 0.0938. The van der Waals surface area contributed by atoms with Crippen LogP contribution in [0.2, 0.25) is 0 Å². The maximum atomic E-state index is 12.8. The smallest absolute Gasteiger partial charge is 0.169 e. The highest BCUT2D eigenvalue weighted by Gasteiger charge is 2.13. The second-order valence-corrected chi connectivity index (χ2v) is 5.09. The summed E-state index contributed by atoms with van der Waals surface area (Å²) in [6, 6.07) is 10.6. The van der Waals surface area contributed by atoms with Crippen molar-refractivity contribution in [3.8, 4) is 0 Å². The molecule has 0 radical (unpaired) electrons. The molecule has 2 nitrogen and oxygen atoms in total. The highest BCUT2D eigenvalue weighted by Crippen LogP contribution is 2.23. The lowest BCUT2D eigenvalue weighted by Crippen LogP contribution is -2.22. The largest absolute Gasteiger partial charge is 0.453 e. The average Bonchev–Trinajstić information content (AvgIpc) is 2.76. The van der Waals surface area contributed by atoms with Crippen molar-refractivity contribution in [3.05, 3.63) is 58.2 Å². The summed E-state index contributed by atoms with van der Waals surface area (Å²) in [5.41, 5.74) is 1.05. The van der Waals surface area contributed by atoms with Gasteiger partial charge in [0, 0.05) is 6.04 Å². The van der Waals surface area contributed by atoms with Gasteiger partial charge in [-0.2, -0.15) is 0 Å². The van der Waals surface area contributed by atoms with Crippen molar-refractivity contribution in [2.24, 2.45) is 0 Å². The molecule has 0 fully saturated rings. The molecule has 1 N–H and O–H groups in total. The Balaban J connectivity index is 2.02. The van der Waals surface area contributed by atoms with Gasteiger partial charge in [0.05, 0.1) is 6.04 Å². The molecule has 4 heteroatoms. The zero-order valence-electron chi connectivity index (χ0n) is 10.3. The lowest BCUT2D eigenvalue weighted by Gasteiger charge is -2.18. The lowest BCUT2D eigenvalue weighted by atomic mass is 10.1. The Kier molecular flexibility index (Phi) is 4.19. The van der Waals surface area contributed by atoms with Gasteiger partial charge in [-0.25, -0.2) is 4.39 Å². The Morgan fingerprint density at radius 2 is 1.72 bits per heavy atom. The predicted octanol–water partition coefficient (Wildman–Crippen LogP) is 4.59. The van der Waals surface area contributed by atoms with E-state index in [1.807, 2.05) is 26.0 Å². The molecule has 0 amide bonds. The summed E-state index contributed by atoms with van der Waals surface area (Å²) in [4.78, 5) is 0. The number of hydrogen-bond acceptors (Lipinski definition) is 2. The van der Waals surface area contributed by atoms with Crippen molar-refractivity contribution in [1.29, 1.82) is 0 Å². The van der Waals surface area contributed by atoms with Gasteiger partial charge >= 0.3 is 0 Å². The second-order valence-electron chi connectivity index (χ2n) is 4.30. The van der Waals surface area contributed by atoms with Crippen molar-refractivity contribution >= 4 is 15.9 Å². The highest BCUT2D eigenvalue weighted by atomic mass is 79.9. The number of rotatable bonds is 4. The monoisotopic (exact) mass is 311 g/mol. The number of hydrogen-bond donors (Lipinski definition) is 1. The summed E-state index contributed by atoms with van der Waals surface area (Å²) in [5, 5.41) is 3.41. The van der Waals surface area contributed by atoms with E-state index in [4.69, 9.17) is 4.42 Å². The topological polar surface area (TPSA) is 25.2 Å². The van der Waals surface area contributed by atoms with E-state index in [0.717, 1.165) is 16.0 Å². The van der Waals surface area contributed by atoms with E-state index in [-0.39, 0.29) is 17.9 Å². The molecule has 0 saturated carbocycles. The molecule has 18 heavy (non-hydrogen) atoms. The van der Waals surface area contributed by atoms with Gasteiger partial charge in [-0.15, -0.1) is 0 Å². The Morgan fingerprint density at radius 3 is 2.28 bits per heavy atom. The molecule has 0 spiro atoms. The van der Waals surface area contributed by atoms with E-state index in [1.54, 1.807) is 12.1 Å². The molecule has 0 bridgehead atoms. The summed E-state index contributed by atoms with van der Waals surface area (Å²) in [6.45, 7) is 4.08. The van der Waals surface area contributed by atoms with Crippen LogP contribution in [0.3, 0.4) is 0 Å². The standard InChI is InChI=1S/C14H15BrFNO/c1-9(11-3-5-12(16)6-4-11)17-10(2)13-7-8-14(15)18-13/h3-10,17H,1-2H3/t9-,10?/m1/s1. The molecule has 1 aromatic heterocycles. The van der Waals surface area contributed by atoms with Crippen LogP contribution in [0.1, 0.15) is 37.3 Å². The summed E-state index contributed by atoms with van der Waals surface area (Å²) >= 11 is 3.28. The first kappa shape index (κ1) is 13.3. The summed E-state index contributed by atoms with van der Waals surface area (Å²) in [6.07, 6.45) is 0. The number of furan rings is 1. The Hall–Kier alpha value is -1.13. The van der Waals surface area contributed by atoms with Crippen LogP contribution in [0, 0.1) is 5.82 Å². The summed E-state index contributed by atoms with van der Waals surface area (Å²) in [5.74, 6) is 0.657. The van der Waals surface area contributed by atoms with Crippen LogP contribution in [0.4, 0.5) is 4.39 Å². The van der Waals surface area contributed by atoms with Gasteiger partial charge in [-0.1, -0.05) is 12.1 Å². The van der Waals surface area contributed by atoms with Gasteiger partial charge in [0.15, 0.2) is 4.67 Å². The Labute approximate surface area is 114 Å². The fourth-order valence-corrected chi connectivity index (χ4v) is 2.18. The molecule has 1 unspecified atom stereocenters. The fraction of sp³-hybridized carbons (Fsp3) is 0.286. The maximum absolute atomic E-state index is 12.8. The average molecular weight is 312 g/mol. The first-order chi connectivity index (χ1) is 8.56. The highest BCUT2D eigenvalue weighted by molar-refractivity contribution is 9.10. The van der Waals surface area contributed by atoms with Gasteiger partial charge in [0.2, 0.25) is 0 Å². The van der Waals surface area contributed by atoms with Crippen molar-refractivity contribution in [1.82, 2.24) is 5.32 Å². The Bertz CT molecular complexity index is 509. The van der Waals surface area contributed by atoms with Crippen LogP contribution in [0.15, 0.2) is 45.5 Å². The minimum atomic E-state index is -0.214. The fourth-order valence-electron chi connectivity index (χ4n) is 1.87. The van der Waals surface area contributed by atoms with Crippen LogP contribution < -0.4 is 5.32 Å². The molecule has 2 rings (SSSR count). The van der Waals surface area contributed by atoms with Crippen molar-refractivity contribution in [3.63, 3.8) is 0 Å². The molecule has 2 aromatic rings. The van der Waals surface area contributed by atoms with Crippen molar-refractivity contribution in [2.45, 2.75) is 25.9 Å². The first-order valence-electron chi connectivity index (χ1n) is 5.83. The summed E-state index contributed by atoms with van der Waals surface area (Å²) < 4.78 is 19.1.